The Morgan fingerprint density at radius 3 is 1.64 bits per heavy atom. The van der Waals surface area contributed by atoms with Crippen molar-refractivity contribution in [1.82, 2.24) is 0 Å². The summed E-state index contributed by atoms with van der Waals surface area (Å²) in [5.41, 5.74) is 13.4. The molecule has 0 saturated heterocycles. The first kappa shape index (κ1) is 40.6. The number of rotatable bonds is 9. The molecule has 0 radical (unpaired) electrons. The van der Waals surface area contributed by atoms with E-state index in [4.69, 9.17) is 15.2 Å². The second-order valence-corrected chi connectivity index (χ2v) is 15.3. The van der Waals surface area contributed by atoms with Gasteiger partial charge < -0.3 is 15.2 Å². The number of ether oxygens (including phenoxy) is 2. The fraction of sp³-hybridized carbons (Fsp3) is 0.333. The molecule has 1 saturated carbocycles. The molecule has 0 bridgehead atoms. The summed E-state index contributed by atoms with van der Waals surface area (Å²) in [5, 5.41) is 2.92. The molecule has 1 unspecified atom stereocenters. The lowest BCUT2D eigenvalue weighted by Crippen LogP contribution is -2.25. The lowest BCUT2D eigenvalue weighted by atomic mass is 9.99. The third-order valence-corrected chi connectivity index (χ3v) is 11.5. The van der Waals surface area contributed by atoms with Gasteiger partial charge >= 0.3 is 0 Å². The number of para-hydroxylation sites is 1. The Hall–Kier alpha value is -3.78. The molecule has 0 aliphatic heterocycles. The summed E-state index contributed by atoms with van der Waals surface area (Å²) >= 11 is 0. The van der Waals surface area contributed by atoms with Gasteiger partial charge in [0.15, 0.2) is 0 Å². The van der Waals surface area contributed by atoms with Gasteiger partial charge in [-0.1, -0.05) is 136 Å². The number of aryl methyl sites for hydroxylation is 1. The average molecular weight is 710 g/mol. The first-order valence-electron chi connectivity index (χ1n) is 18.1. The van der Waals surface area contributed by atoms with Crippen LogP contribution in [0.15, 0.2) is 121 Å². The van der Waals surface area contributed by atoms with Crippen LogP contribution in [-0.4, -0.2) is 17.9 Å². The van der Waals surface area contributed by atoms with Crippen molar-refractivity contribution in [3.63, 3.8) is 0 Å². The van der Waals surface area contributed by atoms with Crippen LogP contribution in [0.1, 0.15) is 79.2 Å². The van der Waals surface area contributed by atoms with Crippen molar-refractivity contribution in [1.29, 1.82) is 0 Å². The molecule has 5 aromatic rings. The Bertz CT molecular complexity index is 1640. The van der Waals surface area contributed by atoms with Gasteiger partial charge in [-0.15, -0.1) is 12.4 Å². The molecule has 1 atom stereocenters. The predicted octanol–water partition coefficient (Wildman–Crippen LogP) is 12.4. The molecule has 50 heavy (non-hydrogen) atoms. The van der Waals surface area contributed by atoms with E-state index in [1.807, 2.05) is 50.2 Å². The quantitative estimate of drug-likeness (QED) is 0.122. The van der Waals surface area contributed by atoms with E-state index in [9.17, 15) is 0 Å². The van der Waals surface area contributed by atoms with Crippen LogP contribution in [0.5, 0.6) is 11.5 Å². The van der Waals surface area contributed by atoms with Crippen LogP contribution in [0.4, 0.5) is 5.69 Å². The van der Waals surface area contributed by atoms with Gasteiger partial charge in [-0.05, 0) is 107 Å². The highest BCUT2D eigenvalue weighted by Gasteiger charge is 2.29. The Morgan fingerprint density at radius 1 is 0.580 bits per heavy atom. The van der Waals surface area contributed by atoms with E-state index < -0.39 is 7.92 Å². The van der Waals surface area contributed by atoms with Crippen molar-refractivity contribution in [2.24, 2.45) is 0 Å². The number of anilines is 1. The highest BCUT2D eigenvalue weighted by atomic mass is 35.5. The number of benzene rings is 5. The number of halogens is 1. The van der Waals surface area contributed by atoms with Gasteiger partial charge in [0.2, 0.25) is 0 Å². The molecule has 1 aliphatic carbocycles. The summed E-state index contributed by atoms with van der Waals surface area (Å²) in [6, 6.07) is 42.6. The van der Waals surface area contributed by atoms with Crippen LogP contribution < -0.4 is 25.8 Å². The van der Waals surface area contributed by atoms with E-state index in [0.717, 1.165) is 28.3 Å². The summed E-state index contributed by atoms with van der Waals surface area (Å²) in [4.78, 5) is 0. The molecular weight excluding hydrogens is 653 g/mol. The summed E-state index contributed by atoms with van der Waals surface area (Å²) < 4.78 is 12.7. The number of nitrogen functional groups attached to an aromatic ring is 1. The molecule has 0 amide bonds. The van der Waals surface area contributed by atoms with E-state index >= 15 is 0 Å². The maximum atomic E-state index is 6.34. The fourth-order valence-corrected chi connectivity index (χ4v) is 9.63. The second-order valence-electron chi connectivity index (χ2n) is 12.9. The van der Waals surface area contributed by atoms with Crippen LogP contribution in [-0.2, 0) is 0 Å². The van der Waals surface area contributed by atoms with Crippen molar-refractivity contribution in [2.45, 2.75) is 98.4 Å². The molecule has 5 heteroatoms. The summed E-state index contributed by atoms with van der Waals surface area (Å²) in [5.74, 6) is 1.81. The van der Waals surface area contributed by atoms with E-state index in [1.54, 1.807) is 0 Å². The lowest BCUT2D eigenvalue weighted by Gasteiger charge is -2.33. The summed E-state index contributed by atoms with van der Waals surface area (Å²) in [6.45, 7) is 14.5. The van der Waals surface area contributed by atoms with E-state index in [1.165, 1.54) is 59.4 Å². The van der Waals surface area contributed by atoms with Crippen molar-refractivity contribution in [3.05, 3.63) is 127 Å². The van der Waals surface area contributed by atoms with Crippen LogP contribution in [0.25, 0.3) is 22.3 Å². The largest absolute Gasteiger partial charge is 0.490 e. The smallest absolute Gasteiger partial charge is 0.131 e. The first-order chi connectivity index (χ1) is 23.8. The number of hydrogen-bond acceptors (Lipinski definition) is 3. The van der Waals surface area contributed by atoms with Crippen LogP contribution in [0.2, 0.25) is 0 Å². The SMILES string of the molecule is CC.CC(C)Oc1cccc(OC(C)C)c1-c1ccccc1P(c1ccccc1)C1CCCCC1.Cc1ccccc1-c1ccccc1N.Cl. The average Bonchev–Trinajstić information content (AvgIpc) is 3.11. The van der Waals surface area contributed by atoms with Crippen molar-refractivity contribution >= 4 is 36.6 Å². The van der Waals surface area contributed by atoms with Crippen LogP contribution in [0.3, 0.4) is 0 Å². The zero-order valence-corrected chi connectivity index (χ0v) is 32.8. The van der Waals surface area contributed by atoms with Crippen LogP contribution in [0, 0.1) is 6.92 Å². The zero-order chi connectivity index (χ0) is 35.2. The van der Waals surface area contributed by atoms with E-state index in [-0.39, 0.29) is 24.6 Å². The number of hydrogen-bond donors (Lipinski definition) is 1. The molecule has 5 aromatic carbocycles. The lowest BCUT2D eigenvalue weighted by molar-refractivity contribution is 0.231. The van der Waals surface area contributed by atoms with Gasteiger partial charge in [-0.3, -0.25) is 0 Å². The van der Waals surface area contributed by atoms with Gasteiger partial charge in [0.05, 0.1) is 17.8 Å². The second kappa shape index (κ2) is 20.8. The summed E-state index contributed by atoms with van der Waals surface area (Å²) in [7, 11) is -0.490. The molecule has 266 valence electrons. The highest BCUT2D eigenvalue weighted by molar-refractivity contribution is 7.73. The molecule has 1 aliphatic rings. The third-order valence-electron chi connectivity index (χ3n) is 8.52. The highest BCUT2D eigenvalue weighted by Crippen LogP contribution is 2.50. The van der Waals surface area contributed by atoms with Crippen molar-refractivity contribution in [3.8, 4) is 33.8 Å². The Balaban J connectivity index is 0.000000332. The maximum absolute atomic E-state index is 6.34. The molecule has 1 fully saturated rings. The topological polar surface area (TPSA) is 44.5 Å². The third kappa shape index (κ3) is 10.9. The van der Waals surface area contributed by atoms with Gasteiger partial charge in [-0.2, -0.15) is 0 Å². The molecular formula is C45H57ClNO2P. The minimum Gasteiger partial charge on any atom is -0.490 e. The monoisotopic (exact) mass is 709 g/mol. The molecule has 3 nitrogen and oxygen atoms in total. The van der Waals surface area contributed by atoms with Gasteiger partial charge in [0.25, 0.3) is 0 Å². The first-order valence-corrected chi connectivity index (χ1v) is 19.5. The standard InChI is InChI=1S/C30H37O2P.C13H13N.C2H6.ClH/c1-22(2)31-27-19-13-20-28(32-23(3)4)30(27)26-18-11-12-21-29(26)33(24-14-7-5-8-15-24)25-16-9-6-10-17-25;1-10-6-2-3-7-11(10)12-8-4-5-9-13(12)14;1-2;/h5,7-8,11-15,18-23,25H,6,9-10,16-17H2,1-4H3;2-9H,14H2,1H3;1-2H3;1H. The van der Waals surface area contributed by atoms with Crippen molar-refractivity contribution < 1.29 is 9.47 Å². The fourth-order valence-electron chi connectivity index (χ4n) is 6.47. The summed E-state index contributed by atoms with van der Waals surface area (Å²) in [6.07, 6.45) is 6.87. The van der Waals surface area contributed by atoms with Gasteiger partial charge in [-0.25, -0.2) is 0 Å². The molecule has 0 spiro atoms. The minimum absolute atomic E-state index is 0. The zero-order valence-electron chi connectivity index (χ0n) is 31.1. The van der Waals surface area contributed by atoms with E-state index in [2.05, 4.69) is 120 Å². The maximum Gasteiger partial charge on any atom is 0.131 e. The normalized spacial score (nSPS) is 13.2. The molecule has 2 N–H and O–H groups in total. The van der Waals surface area contributed by atoms with Crippen molar-refractivity contribution in [2.75, 3.05) is 5.73 Å². The minimum atomic E-state index is -0.490. The number of nitrogens with two attached hydrogens (primary N) is 1. The Labute approximate surface area is 309 Å². The Morgan fingerprint density at radius 2 is 1.08 bits per heavy atom. The predicted molar refractivity (Wildman–Crippen MR) is 223 cm³/mol. The molecule has 0 aromatic heterocycles. The van der Waals surface area contributed by atoms with Crippen LogP contribution >= 0.6 is 20.3 Å². The molecule has 0 heterocycles. The van der Waals surface area contributed by atoms with E-state index in [0.29, 0.717) is 5.66 Å². The Kier molecular flexibility index (Phi) is 16.9. The van der Waals surface area contributed by atoms with Gasteiger partial charge in [0, 0.05) is 11.3 Å². The van der Waals surface area contributed by atoms with Gasteiger partial charge in [0.1, 0.15) is 11.5 Å². The molecule has 6 rings (SSSR count).